The van der Waals surface area contributed by atoms with Crippen LogP contribution in [0.5, 0.6) is 5.75 Å². The highest BCUT2D eigenvalue weighted by molar-refractivity contribution is 7.92. The zero-order chi connectivity index (χ0) is 17.5. The van der Waals surface area contributed by atoms with E-state index in [4.69, 9.17) is 10.5 Å². The van der Waals surface area contributed by atoms with Gasteiger partial charge < -0.3 is 10.5 Å². The molecule has 24 heavy (non-hydrogen) atoms. The molecule has 0 aromatic heterocycles. The Bertz CT molecular complexity index is 882. The summed E-state index contributed by atoms with van der Waals surface area (Å²) >= 11 is 0. The predicted octanol–water partition coefficient (Wildman–Crippen LogP) is 2.88. The molecule has 128 valence electrons. The summed E-state index contributed by atoms with van der Waals surface area (Å²) in [6, 6.07) is 8.14. The van der Waals surface area contributed by atoms with E-state index in [1.54, 1.807) is 6.07 Å². The van der Waals surface area contributed by atoms with Crippen LogP contribution in [0.15, 0.2) is 47.4 Å². The molecule has 3 rings (SSSR count). The van der Waals surface area contributed by atoms with Crippen LogP contribution in [-0.2, 0) is 16.2 Å². The van der Waals surface area contributed by atoms with Crippen LogP contribution >= 0.6 is 0 Å². The number of hydrogen-bond donors (Lipinski definition) is 1. The summed E-state index contributed by atoms with van der Waals surface area (Å²) in [4.78, 5) is -0.437. The number of sulfonamides is 1. The van der Waals surface area contributed by atoms with Crippen LogP contribution in [-0.4, -0.2) is 21.6 Å². The maximum Gasteiger partial charge on any atom is 0.416 e. The number of rotatable bonds is 2. The van der Waals surface area contributed by atoms with Gasteiger partial charge in [0.05, 0.1) is 22.7 Å². The van der Waals surface area contributed by atoms with Gasteiger partial charge in [0.15, 0.2) is 0 Å². The van der Waals surface area contributed by atoms with E-state index in [1.165, 1.54) is 12.1 Å². The quantitative estimate of drug-likeness (QED) is 0.838. The third-order valence-electron chi connectivity index (χ3n) is 3.55. The molecule has 2 aromatic rings. The SMILES string of the molecule is Nc1ccc2c(c1)N(S(=O)(=O)c1cccc(C(F)(F)F)c1)CCO2. The van der Waals surface area contributed by atoms with Crippen molar-refractivity contribution in [2.75, 3.05) is 23.2 Å². The molecule has 0 aliphatic carbocycles. The number of nitrogens with zero attached hydrogens (tertiary/aromatic N) is 1. The van der Waals surface area contributed by atoms with Crippen LogP contribution in [0.4, 0.5) is 24.5 Å². The highest BCUT2D eigenvalue weighted by Gasteiger charge is 2.34. The van der Waals surface area contributed by atoms with Crippen LogP contribution in [0.1, 0.15) is 5.56 Å². The summed E-state index contributed by atoms with van der Waals surface area (Å²) < 4.78 is 70.5. The number of alkyl halides is 3. The van der Waals surface area contributed by atoms with E-state index in [1.807, 2.05) is 0 Å². The Morgan fingerprint density at radius 3 is 2.58 bits per heavy atom. The van der Waals surface area contributed by atoms with Crippen molar-refractivity contribution in [1.82, 2.24) is 0 Å². The summed E-state index contributed by atoms with van der Waals surface area (Å²) in [5.41, 5.74) is 5.19. The lowest BCUT2D eigenvalue weighted by Gasteiger charge is -2.30. The van der Waals surface area contributed by atoms with Gasteiger partial charge in [0.1, 0.15) is 12.4 Å². The van der Waals surface area contributed by atoms with Gasteiger partial charge in [0.2, 0.25) is 0 Å². The summed E-state index contributed by atoms with van der Waals surface area (Å²) in [6.45, 7) is 0.0736. The van der Waals surface area contributed by atoms with Crippen LogP contribution in [0, 0.1) is 0 Å². The van der Waals surface area contributed by atoms with Gasteiger partial charge in [-0.1, -0.05) is 6.07 Å². The summed E-state index contributed by atoms with van der Waals surface area (Å²) in [6.07, 6.45) is -4.63. The van der Waals surface area contributed by atoms with Gasteiger partial charge in [0, 0.05) is 5.69 Å². The lowest BCUT2D eigenvalue weighted by atomic mass is 10.2. The Morgan fingerprint density at radius 1 is 1.12 bits per heavy atom. The fourth-order valence-corrected chi connectivity index (χ4v) is 3.92. The fourth-order valence-electron chi connectivity index (χ4n) is 2.42. The molecule has 0 radical (unpaired) electrons. The molecule has 0 atom stereocenters. The smallest absolute Gasteiger partial charge is 0.416 e. The highest BCUT2D eigenvalue weighted by Crippen LogP contribution is 2.37. The van der Waals surface area contributed by atoms with E-state index in [9.17, 15) is 21.6 Å². The van der Waals surface area contributed by atoms with Crippen molar-refractivity contribution in [1.29, 1.82) is 0 Å². The Hall–Kier alpha value is -2.42. The van der Waals surface area contributed by atoms with Gasteiger partial charge in [-0.3, -0.25) is 4.31 Å². The Morgan fingerprint density at radius 2 is 1.88 bits per heavy atom. The van der Waals surface area contributed by atoms with Crippen LogP contribution in [0.2, 0.25) is 0 Å². The molecular weight excluding hydrogens is 345 g/mol. The number of ether oxygens (including phenoxy) is 1. The van der Waals surface area contributed by atoms with E-state index in [0.717, 1.165) is 22.5 Å². The molecule has 1 heterocycles. The monoisotopic (exact) mass is 358 g/mol. The summed E-state index contributed by atoms with van der Waals surface area (Å²) in [5, 5.41) is 0. The molecule has 0 saturated heterocycles. The van der Waals surface area contributed by atoms with E-state index < -0.39 is 26.7 Å². The second kappa shape index (κ2) is 5.59. The van der Waals surface area contributed by atoms with Crippen molar-refractivity contribution in [3.05, 3.63) is 48.0 Å². The van der Waals surface area contributed by atoms with Crippen molar-refractivity contribution in [2.45, 2.75) is 11.1 Å². The number of hydrogen-bond acceptors (Lipinski definition) is 4. The first-order valence-corrected chi connectivity index (χ1v) is 8.36. The average Bonchev–Trinajstić information content (AvgIpc) is 2.53. The third-order valence-corrected chi connectivity index (χ3v) is 5.36. The van der Waals surface area contributed by atoms with Gasteiger partial charge in [-0.15, -0.1) is 0 Å². The van der Waals surface area contributed by atoms with E-state index in [-0.39, 0.29) is 18.8 Å². The molecule has 9 heteroatoms. The molecule has 0 fully saturated rings. The second-order valence-corrected chi connectivity index (χ2v) is 7.04. The largest absolute Gasteiger partial charge is 0.489 e. The first-order chi connectivity index (χ1) is 11.2. The molecule has 0 bridgehead atoms. The number of nitrogen functional groups attached to an aromatic ring is 1. The van der Waals surface area contributed by atoms with Crippen molar-refractivity contribution in [3.63, 3.8) is 0 Å². The van der Waals surface area contributed by atoms with Crippen molar-refractivity contribution in [3.8, 4) is 5.75 Å². The minimum Gasteiger partial charge on any atom is -0.489 e. The topological polar surface area (TPSA) is 72.6 Å². The van der Waals surface area contributed by atoms with E-state index >= 15 is 0 Å². The summed E-state index contributed by atoms with van der Waals surface area (Å²) in [7, 11) is -4.18. The molecule has 0 saturated carbocycles. The molecule has 1 aliphatic heterocycles. The number of fused-ring (bicyclic) bond motifs is 1. The maximum atomic E-state index is 12.8. The van der Waals surface area contributed by atoms with Gasteiger partial charge in [-0.25, -0.2) is 8.42 Å². The minimum atomic E-state index is -4.63. The van der Waals surface area contributed by atoms with Gasteiger partial charge in [-0.2, -0.15) is 13.2 Å². The third kappa shape index (κ3) is 2.86. The minimum absolute atomic E-state index is 0.0188. The van der Waals surface area contributed by atoms with Crippen molar-refractivity contribution >= 4 is 21.4 Å². The lowest BCUT2D eigenvalue weighted by Crippen LogP contribution is -2.38. The average molecular weight is 358 g/mol. The normalized spacial score (nSPS) is 14.9. The molecule has 0 amide bonds. The Labute approximate surface area is 136 Å². The van der Waals surface area contributed by atoms with Crippen LogP contribution in [0.3, 0.4) is 0 Å². The van der Waals surface area contributed by atoms with Gasteiger partial charge >= 0.3 is 6.18 Å². The number of nitrogens with two attached hydrogens (primary N) is 1. The molecule has 0 spiro atoms. The molecule has 5 nitrogen and oxygen atoms in total. The number of benzene rings is 2. The van der Waals surface area contributed by atoms with Crippen LogP contribution < -0.4 is 14.8 Å². The molecule has 1 aliphatic rings. The molecule has 0 unspecified atom stereocenters. The Kier molecular flexibility index (Phi) is 3.83. The van der Waals surface area contributed by atoms with Gasteiger partial charge in [0.25, 0.3) is 10.0 Å². The maximum absolute atomic E-state index is 12.8. The first kappa shape index (κ1) is 16.4. The Balaban J connectivity index is 2.09. The van der Waals surface area contributed by atoms with Gasteiger partial charge in [-0.05, 0) is 36.4 Å². The first-order valence-electron chi connectivity index (χ1n) is 6.92. The zero-order valence-electron chi connectivity index (χ0n) is 12.2. The zero-order valence-corrected chi connectivity index (χ0v) is 13.1. The highest BCUT2D eigenvalue weighted by atomic mass is 32.2. The predicted molar refractivity (Wildman–Crippen MR) is 82.3 cm³/mol. The number of halogens is 3. The summed E-state index contributed by atoms with van der Waals surface area (Å²) in [5.74, 6) is 0.311. The lowest BCUT2D eigenvalue weighted by molar-refractivity contribution is -0.137. The van der Waals surface area contributed by atoms with Crippen LogP contribution in [0.25, 0.3) is 0 Å². The fraction of sp³-hybridized carbons (Fsp3) is 0.200. The molecule has 2 aromatic carbocycles. The molecular formula is C15H13F3N2O3S. The number of anilines is 2. The standard InChI is InChI=1S/C15H13F3N2O3S/c16-15(17,18)10-2-1-3-12(8-10)24(21,22)20-6-7-23-14-5-4-11(19)9-13(14)20/h1-5,8-9H,6-7,19H2. The van der Waals surface area contributed by atoms with Crippen molar-refractivity contribution in [2.24, 2.45) is 0 Å². The van der Waals surface area contributed by atoms with E-state index in [2.05, 4.69) is 0 Å². The van der Waals surface area contributed by atoms with E-state index in [0.29, 0.717) is 17.5 Å². The van der Waals surface area contributed by atoms with Crippen molar-refractivity contribution < 1.29 is 26.3 Å². The second-order valence-electron chi connectivity index (χ2n) is 5.18. The molecule has 2 N–H and O–H groups in total.